The van der Waals surface area contributed by atoms with Crippen LogP contribution in [-0.4, -0.2) is 64.4 Å². The minimum atomic E-state index is -0.249. The maximum atomic E-state index is 13.5. The van der Waals surface area contributed by atoms with Gasteiger partial charge < -0.3 is 19.3 Å². The summed E-state index contributed by atoms with van der Waals surface area (Å²) in [4.78, 5) is 39.5. The van der Waals surface area contributed by atoms with E-state index in [0.29, 0.717) is 53.9 Å². The molecule has 5 rings (SSSR count). The van der Waals surface area contributed by atoms with Crippen molar-refractivity contribution in [3.05, 3.63) is 47.0 Å². The Balaban J connectivity index is 1.45. The third-order valence-electron chi connectivity index (χ3n) is 6.43. The molecule has 0 N–H and O–H groups in total. The van der Waals surface area contributed by atoms with Crippen molar-refractivity contribution in [1.82, 2.24) is 19.8 Å². The van der Waals surface area contributed by atoms with Crippen molar-refractivity contribution in [3.63, 3.8) is 0 Å². The number of fused-ring (bicyclic) bond motifs is 1. The van der Waals surface area contributed by atoms with Gasteiger partial charge in [-0.2, -0.15) is 0 Å². The molecule has 8 nitrogen and oxygen atoms in total. The molecule has 1 aromatic heterocycles. The zero-order chi connectivity index (χ0) is 22.1. The Hall–Kier alpha value is -3.16. The molecule has 4 heterocycles. The molecule has 0 saturated carbocycles. The summed E-state index contributed by atoms with van der Waals surface area (Å²) < 4.78 is 11.2. The lowest BCUT2D eigenvalue weighted by atomic mass is 10.0. The van der Waals surface area contributed by atoms with Crippen LogP contribution in [0.25, 0.3) is 0 Å². The van der Waals surface area contributed by atoms with Crippen molar-refractivity contribution >= 4 is 11.8 Å². The summed E-state index contributed by atoms with van der Waals surface area (Å²) in [5, 5.41) is 0. The summed E-state index contributed by atoms with van der Waals surface area (Å²) in [5.41, 5.74) is 1.73. The molecule has 1 atom stereocenters. The Morgan fingerprint density at radius 3 is 2.56 bits per heavy atom. The van der Waals surface area contributed by atoms with Crippen LogP contribution in [0.4, 0.5) is 0 Å². The lowest BCUT2D eigenvalue weighted by Gasteiger charge is -2.30. The van der Waals surface area contributed by atoms with Gasteiger partial charge in [0.2, 0.25) is 0 Å². The molecule has 168 valence electrons. The van der Waals surface area contributed by atoms with E-state index in [1.165, 1.54) is 0 Å². The van der Waals surface area contributed by atoms with Gasteiger partial charge in [0.05, 0.1) is 17.3 Å². The number of amides is 2. The van der Waals surface area contributed by atoms with E-state index < -0.39 is 0 Å². The first-order chi connectivity index (χ1) is 15.6. The fourth-order valence-corrected chi connectivity index (χ4v) is 4.81. The molecular weight excluding hydrogens is 408 g/mol. The van der Waals surface area contributed by atoms with Gasteiger partial charge in [0.25, 0.3) is 11.8 Å². The Labute approximate surface area is 187 Å². The number of hydrogen-bond donors (Lipinski definition) is 0. The molecule has 32 heavy (non-hydrogen) atoms. The molecule has 2 aromatic rings. The zero-order valence-corrected chi connectivity index (χ0v) is 18.4. The lowest BCUT2D eigenvalue weighted by Crippen LogP contribution is -2.38. The van der Waals surface area contributed by atoms with E-state index in [9.17, 15) is 9.59 Å². The first-order valence-corrected chi connectivity index (χ1v) is 11.5. The van der Waals surface area contributed by atoms with Gasteiger partial charge in [0.1, 0.15) is 19.0 Å². The molecule has 0 radical (unpaired) electrons. The minimum absolute atomic E-state index is 0.0293. The molecule has 0 aliphatic carbocycles. The van der Waals surface area contributed by atoms with Gasteiger partial charge in [-0.3, -0.25) is 9.59 Å². The van der Waals surface area contributed by atoms with E-state index in [4.69, 9.17) is 9.47 Å². The lowest BCUT2D eigenvalue weighted by molar-refractivity contribution is 0.0695. The van der Waals surface area contributed by atoms with Crippen LogP contribution in [0.15, 0.2) is 24.4 Å². The quantitative estimate of drug-likeness (QED) is 0.735. The second-order valence-electron chi connectivity index (χ2n) is 8.58. The highest BCUT2D eigenvalue weighted by molar-refractivity contribution is 5.97. The summed E-state index contributed by atoms with van der Waals surface area (Å²) in [5.74, 6) is 1.74. The van der Waals surface area contributed by atoms with Gasteiger partial charge in [-0.05, 0) is 57.2 Å². The van der Waals surface area contributed by atoms with Crippen LogP contribution < -0.4 is 9.47 Å². The van der Waals surface area contributed by atoms with E-state index >= 15 is 0 Å². The van der Waals surface area contributed by atoms with E-state index in [1.807, 2.05) is 16.7 Å². The van der Waals surface area contributed by atoms with E-state index in [0.717, 1.165) is 45.2 Å². The fraction of sp³-hybridized carbons (Fsp3) is 0.500. The highest BCUT2D eigenvalue weighted by atomic mass is 16.6. The number of ether oxygens (including phenoxy) is 2. The molecule has 2 saturated heterocycles. The standard InChI is InChI=1S/C24H28N4O4/c1-16-25-15-18(24(30)27-9-3-2-4-10-27)22(26-16)19-6-5-11-28(19)23(29)17-7-8-20-21(14-17)32-13-12-31-20/h7-8,14-15,19H,2-6,9-13H2,1H3/t19-/m0/s1. The van der Waals surface area contributed by atoms with Crippen LogP contribution in [0.5, 0.6) is 11.5 Å². The van der Waals surface area contributed by atoms with Crippen LogP contribution >= 0.6 is 0 Å². The van der Waals surface area contributed by atoms with E-state index in [2.05, 4.69) is 9.97 Å². The first-order valence-electron chi connectivity index (χ1n) is 11.5. The maximum Gasteiger partial charge on any atom is 0.257 e. The van der Waals surface area contributed by atoms with Gasteiger partial charge in [0.15, 0.2) is 11.5 Å². The second kappa shape index (κ2) is 8.76. The van der Waals surface area contributed by atoms with Crippen LogP contribution in [0, 0.1) is 6.92 Å². The molecule has 1 aromatic carbocycles. The Kier molecular flexibility index (Phi) is 5.68. The van der Waals surface area contributed by atoms with Crippen molar-refractivity contribution in [2.75, 3.05) is 32.8 Å². The number of carbonyl (C=O) groups excluding carboxylic acids is 2. The molecule has 0 spiro atoms. The van der Waals surface area contributed by atoms with Gasteiger partial charge in [-0.25, -0.2) is 9.97 Å². The number of hydrogen-bond acceptors (Lipinski definition) is 6. The van der Waals surface area contributed by atoms with E-state index in [-0.39, 0.29) is 17.9 Å². The van der Waals surface area contributed by atoms with Crippen molar-refractivity contribution in [2.24, 2.45) is 0 Å². The largest absolute Gasteiger partial charge is 0.486 e. The van der Waals surface area contributed by atoms with Gasteiger partial charge in [-0.15, -0.1) is 0 Å². The fourth-order valence-electron chi connectivity index (χ4n) is 4.81. The second-order valence-corrected chi connectivity index (χ2v) is 8.58. The zero-order valence-electron chi connectivity index (χ0n) is 18.4. The number of aromatic nitrogens is 2. The molecule has 2 amide bonds. The monoisotopic (exact) mass is 436 g/mol. The highest BCUT2D eigenvalue weighted by Gasteiger charge is 2.36. The first kappa shape index (κ1) is 20.7. The number of piperidine rings is 1. The molecular formula is C24H28N4O4. The van der Waals surface area contributed by atoms with Crippen LogP contribution in [0.1, 0.15) is 70.4 Å². The van der Waals surface area contributed by atoms with Crippen molar-refractivity contribution in [1.29, 1.82) is 0 Å². The third-order valence-corrected chi connectivity index (χ3v) is 6.43. The maximum absolute atomic E-state index is 13.5. The number of carbonyl (C=O) groups is 2. The van der Waals surface area contributed by atoms with Gasteiger partial charge in [0, 0.05) is 31.4 Å². The molecule has 3 aliphatic heterocycles. The Morgan fingerprint density at radius 2 is 1.75 bits per heavy atom. The van der Waals surface area contributed by atoms with Crippen LogP contribution in [0.3, 0.4) is 0 Å². The number of likely N-dealkylation sites (tertiary alicyclic amines) is 2. The average molecular weight is 437 g/mol. The summed E-state index contributed by atoms with van der Waals surface area (Å²) in [6.07, 6.45) is 6.47. The Morgan fingerprint density at radius 1 is 0.969 bits per heavy atom. The van der Waals surface area contributed by atoms with Gasteiger partial charge in [-0.1, -0.05) is 0 Å². The predicted molar refractivity (Wildman–Crippen MR) is 117 cm³/mol. The summed E-state index contributed by atoms with van der Waals surface area (Å²) in [7, 11) is 0. The van der Waals surface area contributed by atoms with Crippen molar-refractivity contribution < 1.29 is 19.1 Å². The summed E-state index contributed by atoms with van der Waals surface area (Å²) >= 11 is 0. The minimum Gasteiger partial charge on any atom is -0.486 e. The smallest absolute Gasteiger partial charge is 0.257 e. The summed E-state index contributed by atoms with van der Waals surface area (Å²) in [6, 6.07) is 5.06. The third kappa shape index (κ3) is 3.89. The number of nitrogens with zero attached hydrogens (tertiary/aromatic N) is 4. The average Bonchev–Trinajstić information content (AvgIpc) is 3.33. The SMILES string of the molecule is Cc1ncc(C(=O)N2CCCCC2)c([C@@H]2CCCN2C(=O)c2ccc3c(c2)OCCO3)n1. The topological polar surface area (TPSA) is 84.9 Å². The van der Waals surface area contributed by atoms with Crippen LogP contribution in [0.2, 0.25) is 0 Å². The van der Waals surface area contributed by atoms with Gasteiger partial charge >= 0.3 is 0 Å². The normalized spacial score (nSPS) is 20.3. The molecule has 3 aliphatic rings. The predicted octanol–water partition coefficient (Wildman–Crippen LogP) is 3.16. The molecule has 0 unspecified atom stereocenters. The number of aryl methyl sites for hydroxylation is 1. The highest BCUT2D eigenvalue weighted by Crippen LogP contribution is 2.36. The number of rotatable bonds is 3. The summed E-state index contributed by atoms with van der Waals surface area (Å²) in [6.45, 7) is 4.95. The molecule has 2 fully saturated rings. The molecule has 8 heteroatoms. The van der Waals surface area contributed by atoms with Crippen molar-refractivity contribution in [2.45, 2.75) is 45.1 Å². The molecule has 0 bridgehead atoms. The Bertz CT molecular complexity index is 1030. The number of benzene rings is 1. The van der Waals surface area contributed by atoms with E-state index in [1.54, 1.807) is 24.4 Å². The van der Waals surface area contributed by atoms with Crippen LogP contribution in [-0.2, 0) is 0 Å². The van der Waals surface area contributed by atoms with Crippen molar-refractivity contribution in [3.8, 4) is 11.5 Å².